The molecule has 0 radical (unpaired) electrons. The van der Waals surface area contributed by atoms with Crippen LogP contribution < -0.4 is 32.3 Å². The number of carbonyl (C=O) groups excluding carboxylic acids is 7. The van der Waals surface area contributed by atoms with E-state index in [1.165, 1.54) is 12.2 Å². The van der Waals surface area contributed by atoms with Crippen LogP contribution in [0.2, 0.25) is 0 Å². The van der Waals surface area contributed by atoms with Crippen molar-refractivity contribution in [3.05, 3.63) is 52.4 Å². The van der Waals surface area contributed by atoms with Gasteiger partial charge in [0.05, 0.1) is 13.2 Å². The molecule has 19 heteroatoms. The number of unbranched alkanes of at least 4 members (excludes halogenated alkanes) is 2. The summed E-state index contributed by atoms with van der Waals surface area (Å²) in [5.41, 5.74) is 14.4. The highest BCUT2D eigenvalue weighted by atomic mass is 16.5. The molecule has 7 N–H and O–H groups in total. The van der Waals surface area contributed by atoms with E-state index in [-0.39, 0.29) is 82.5 Å². The number of carbonyl (C=O) groups is 7. The maximum Gasteiger partial charge on any atom is 0.407 e. The van der Waals surface area contributed by atoms with E-state index in [1.807, 2.05) is 0 Å². The first-order valence-electron chi connectivity index (χ1n) is 17.0. The van der Waals surface area contributed by atoms with Crippen molar-refractivity contribution < 1.29 is 43.0 Å². The van der Waals surface area contributed by atoms with E-state index in [9.17, 15) is 33.6 Å². The van der Waals surface area contributed by atoms with Crippen LogP contribution in [-0.2, 0) is 40.1 Å². The Morgan fingerprint density at radius 3 is 2.27 bits per heavy atom. The Hall–Kier alpha value is -5.68. The maximum atomic E-state index is 13.4. The van der Waals surface area contributed by atoms with Gasteiger partial charge >= 0.3 is 12.1 Å². The van der Waals surface area contributed by atoms with Gasteiger partial charge in [0.1, 0.15) is 18.7 Å². The Morgan fingerprint density at radius 1 is 0.904 bits per heavy atom. The van der Waals surface area contributed by atoms with E-state index >= 15 is 0 Å². The van der Waals surface area contributed by atoms with Crippen molar-refractivity contribution in [1.82, 2.24) is 26.2 Å². The number of primary amides is 1. The molecule has 19 nitrogen and oxygen atoms in total. The molecule has 0 aliphatic carbocycles. The number of hydrogen-bond acceptors (Lipinski definition) is 10. The van der Waals surface area contributed by atoms with Gasteiger partial charge in [-0.25, -0.2) is 9.59 Å². The van der Waals surface area contributed by atoms with E-state index < -0.39 is 36.0 Å². The molecule has 1 aliphatic heterocycles. The van der Waals surface area contributed by atoms with Gasteiger partial charge in [-0.2, -0.15) is 0 Å². The Bertz CT molecular complexity index is 1440. The van der Waals surface area contributed by atoms with Crippen molar-refractivity contribution in [2.45, 2.75) is 71.1 Å². The summed E-state index contributed by atoms with van der Waals surface area (Å²) in [7, 11) is 0. The van der Waals surface area contributed by atoms with Gasteiger partial charge in [0.25, 0.3) is 11.8 Å². The Balaban J connectivity index is 1.88. The molecule has 1 heterocycles. The number of rotatable bonds is 24. The summed E-state index contributed by atoms with van der Waals surface area (Å²) in [6, 6.07) is 3.82. The number of nitrogens with one attached hydrogen (secondary N) is 5. The SMILES string of the molecule is CC(C)[C@H](NC(=O)CCCCCN1C(=O)C=CC1=O)C(=O)N[C@@H](CCCNC(N)=O)C(=O)Nc1ccc(COC(=O)NCCOCCN=[N+]=[N-])cc1. The lowest BCUT2D eigenvalue weighted by atomic mass is 10.0. The van der Waals surface area contributed by atoms with E-state index in [0.29, 0.717) is 36.9 Å². The molecule has 2 atom stereocenters. The smallest absolute Gasteiger partial charge is 0.407 e. The van der Waals surface area contributed by atoms with Crippen molar-refractivity contribution >= 4 is 47.3 Å². The summed E-state index contributed by atoms with van der Waals surface area (Å²) in [5.74, 6) is -2.47. The highest BCUT2D eigenvalue weighted by Gasteiger charge is 2.29. The number of urea groups is 1. The first kappa shape index (κ1) is 42.5. The fourth-order valence-corrected chi connectivity index (χ4v) is 4.80. The molecule has 284 valence electrons. The average Bonchev–Trinajstić information content (AvgIpc) is 3.43. The molecule has 0 spiro atoms. The van der Waals surface area contributed by atoms with E-state index in [0.717, 1.165) is 4.90 Å². The van der Waals surface area contributed by atoms with Crippen LogP contribution >= 0.6 is 0 Å². The van der Waals surface area contributed by atoms with Crippen molar-refractivity contribution in [2.24, 2.45) is 16.8 Å². The molecule has 0 fully saturated rings. The van der Waals surface area contributed by atoms with Crippen LogP contribution in [0, 0.1) is 5.92 Å². The van der Waals surface area contributed by atoms with E-state index in [1.54, 1.807) is 38.1 Å². The minimum absolute atomic E-state index is 0.0377. The number of amides is 8. The number of nitrogens with two attached hydrogens (primary N) is 1. The second-order valence-electron chi connectivity index (χ2n) is 12.0. The predicted molar refractivity (Wildman–Crippen MR) is 188 cm³/mol. The summed E-state index contributed by atoms with van der Waals surface area (Å²) >= 11 is 0. The lowest BCUT2D eigenvalue weighted by Crippen LogP contribution is -2.54. The first-order chi connectivity index (χ1) is 24.9. The zero-order chi connectivity index (χ0) is 38.3. The van der Waals surface area contributed by atoms with Gasteiger partial charge in [0, 0.05) is 55.4 Å². The second-order valence-corrected chi connectivity index (χ2v) is 12.0. The maximum absolute atomic E-state index is 13.4. The van der Waals surface area contributed by atoms with Crippen LogP contribution in [0.1, 0.15) is 57.9 Å². The normalized spacial score (nSPS) is 13.2. The van der Waals surface area contributed by atoms with Crippen molar-refractivity contribution in [3.63, 3.8) is 0 Å². The third kappa shape index (κ3) is 16.8. The zero-order valence-electron chi connectivity index (χ0n) is 29.4. The topological polar surface area (TPSA) is 276 Å². The number of benzene rings is 1. The molecule has 2 rings (SSSR count). The molecule has 0 aromatic heterocycles. The molecule has 0 saturated carbocycles. The fourth-order valence-electron chi connectivity index (χ4n) is 4.80. The minimum atomic E-state index is -1.03. The summed E-state index contributed by atoms with van der Waals surface area (Å²) < 4.78 is 10.4. The monoisotopic (exact) mass is 728 g/mol. The molecular formula is C33H48N10O9. The fraction of sp³-hybridized carbons (Fsp3) is 0.545. The number of ether oxygens (including phenoxy) is 2. The van der Waals surface area contributed by atoms with Crippen LogP contribution in [0.5, 0.6) is 0 Å². The van der Waals surface area contributed by atoms with Gasteiger partial charge in [-0.1, -0.05) is 37.5 Å². The number of azide groups is 1. The van der Waals surface area contributed by atoms with E-state index in [2.05, 4.69) is 36.6 Å². The van der Waals surface area contributed by atoms with Gasteiger partial charge in [0.2, 0.25) is 17.7 Å². The van der Waals surface area contributed by atoms with Gasteiger partial charge in [-0.05, 0) is 54.8 Å². The highest BCUT2D eigenvalue weighted by Crippen LogP contribution is 2.13. The van der Waals surface area contributed by atoms with Gasteiger partial charge in [0.15, 0.2) is 0 Å². The second kappa shape index (κ2) is 23.7. The highest BCUT2D eigenvalue weighted by molar-refractivity contribution is 6.12. The number of hydrogen-bond donors (Lipinski definition) is 6. The molecule has 0 bridgehead atoms. The summed E-state index contributed by atoms with van der Waals surface area (Å²) in [6.07, 6.45) is 3.98. The number of alkyl carbamates (subject to hydrolysis) is 1. The van der Waals surface area contributed by atoms with Crippen LogP contribution in [0.3, 0.4) is 0 Å². The van der Waals surface area contributed by atoms with Crippen molar-refractivity contribution in [1.29, 1.82) is 0 Å². The summed E-state index contributed by atoms with van der Waals surface area (Å²) in [4.78, 5) is 89.6. The van der Waals surface area contributed by atoms with Crippen LogP contribution in [0.25, 0.3) is 10.4 Å². The number of nitrogens with zero attached hydrogens (tertiary/aromatic N) is 4. The minimum Gasteiger partial charge on any atom is -0.445 e. The molecule has 52 heavy (non-hydrogen) atoms. The van der Waals surface area contributed by atoms with Crippen LogP contribution in [0.15, 0.2) is 41.5 Å². The molecule has 1 aromatic rings. The predicted octanol–water partition coefficient (Wildman–Crippen LogP) is 1.74. The van der Waals surface area contributed by atoms with E-state index in [4.69, 9.17) is 20.7 Å². The third-order valence-corrected chi connectivity index (χ3v) is 7.56. The third-order valence-electron chi connectivity index (χ3n) is 7.56. The van der Waals surface area contributed by atoms with Crippen LogP contribution in [0.4, 0.5) is 15.3 Å². The molecule has 0 unspecified atom stereocenters. The molecule has 8 amide bonds. The Labute approximate surface area is 301 Å². The Morgan fingerprint density at radius 2 is 1.62 bits per heavy atom. The van der Waals surface area contributed by atoms with Gasteiger partial charge in [-0.15, -0.1) is 0 Å². The summed E-state index contributed by atoms with van der Waals surface area (Å²) in [5, 5.41) is 16.5. The summed E-state index contributed by atoms with van der Waals surface area (Å²) in [6.45, 7) is 4.76. The molecule has 1 aliphatic rings. The average molecular weight is 729 g/mol. The van der Waals surface area contributed by atoms with Gasteiger partial charge in [-0.3, -0.25) is 28.9 Å². The lowest BCUT2D eigenvalue weighted by molar-refractivity contribution is -0.137. The van der Waals surface area contributed by atoms with Crippen molar-refractivity contribution in [3.8, 4) is 0 Å². The number of imide groups is 1. The first-order valence-corrected chi connectivity index (χ1v) is 17.0. The molecule has 1 aromatic carbocycles. The molecular weight excluding hydrogens is 680 g/mol. The van der Waals surface area contributed by atoms with Crippen LogP contribution in [-0.4, -0.2) is 98.0 Å². The zero-order valence-corrected chi connectivity index (χ0v) is 29.4. The van der Waals surface area contributed by atoms with Crippen molar-refractivity contribution in [2.75, 3.05) is 44.7 Å². The number of anilines is 1. The standard InChI is InChI=1S/C33H48N10O9/c1-22(2)29(41-26(44)8-4-3-5-18-43-27(45)13-14-28(43)46)31(48)40-25(7-6-15-36-32(34)49)30(47)39-24-11-9-23(10-12-24)21-52-33(50)37-16-19-51-20-17-38-42-35/h9-14,22,25,29H,3-8,15-21H2,1-2H3,(H,37,50)(H,39,47)(H,40,48)(H,41,44)(H3,34,36,49)/t25-,29-/m0/s1. The largest absolute Gasteiger partial charge is 0.445 e. The van der Waals surface area contributed by atoms with Gasteiger partial charge < -0.3 is 41.8 Å². The molecule has 0 saturated heterocycles. The quantitative estimate of drug-likeness (QED) is 0.0297. The lowest BCUT2D eigenvalue weighted by Gasteiger charge is -2.25. The Kier molecular flexibility index (Phi) is 19.3.